The number of aromatic nitrogens is 7. The van der Waals surface area contributed by atoms with Crippen LogP contribution in [-0.2, 0) is 25.7 Å². The van der Waals surface area contributed by atoms with E-state index in [1.165, 1.54) is 22.2 Å². The van der Waals surface area contributed by atoms with Gasteiger partial charge in [-0.3, -0.25) is 4.98 Å². The largest absolute Gasteiger partial charge is 0.446 e. The summed E-state index contributed by atoms with van der Waals surface area (Å²) in [6.45, 7) is 29.6. The van der Waals surface area contributed by atoms with Crippen LogP contribution < -0.4 is 0 Å². The van der Waals surface area contributed by atoms with Gasteiger partial charge in [0.15, 0.2) is 11.7 Å². The lowest BCUT2D eigenvalue weighted by molar-refractivity contribution is 0.384. The Morgan fingerprint density at radius 2 is 1.38 bits per heavy atom. The number of aryl methyl sites for hydroxylation is 4. The zero-order valence-electron chi connectivity index (χ0n) is 34.6. The first-order valence-electron chi connectivity index (χ1n) is 18.8. The SMILES string of the molecule is CC(C)c1cccc2ncccc12.Cc1cc(CC(C)C)sn1.Cc1nc(CC(C)C)no1.Cc1ncc(CC(C)C)o1.Cc1nnc(CC(C)C)s1. The van der Waals surface area contributed by atoms with Gasteiger partial charge in [-0.1, -0.05) is 92.6 Å². The summed E-state index contributed by atoms with van der Waals surface area (Å²) in [5.41, 5.74) is 3.62. The summed E-state index contributed by atoms with van der Waals surface area (Å²) in [4.78, 5) is 13.8. The van der Waals surface area contributed by atoms with Gasteiger partial charge in [0.25, 0.3) is 0 Å². The van der Waals surface area contributed by atoms with Crippen molar-refractivity contribution in [3.05, 3.63) is 98.3 Å². The van der Waals surface area contributed by atoms with Gasteiger partial charge in [0.1, 0.15) is 15.8 Å². The maximum absolute atomic E-state index is 5.28. The zero-order chi connectivity index (χ0) is 39.5. The number of hydrogen-bond acceptors (Lipinski definition) is 11. The fourth-order valence-corrected chi connectivity index (χ4v) is 6.87. The Balaban J connectivity index is 0.000000230. The van der Waals surface area contributed by atoms with Gasteiger partial charge in [0, 0.05) is 49.6 Å². The summed E-state index contributed by atoms with van der Waals surface area (Å²) in [5.74, 6) is 6.45. The van der Waals surface area contributed by atoms with E-state index in [4.69, 9.17) is 8.94 Å². The molecular weight excluding hydrogens is 699 g/mol. The molecule has 0 fully saturated rings. The van der Waals surface area contributed by atoms with E-state index in [2.05, 4.69) is 134 Å². The van der Waals surface area contributed by atoms with Crippen molar-refractivity contribution in [1.82, 2.24) is 34.7 Å². The van der Waals surface area contributed by atoms with E-state index in [0.717, 1.165) is 63.9 Å². The van der Waals surface area contributed by atoms with Gasteiger partial charge >= 0.3 is 0 Å². The number of oxazole rings is 1. The molecule has 0 aliphatic rings. The van der Waals surface area contributed by atoms with E-state index < -0.39 is 0 Å². The molecule has 0 bridgehead atoms. The van der Waals surface area contributed by atoms with Crippen LogP contribution in [-0.4, -0.2) is 34.7 Å². The molecular formula is C42H63N7O2S2. The van der Waals surface area contributed by atoms with Crippen molar-refractivity contribution < 1.29 is 8.94 Å². The van der Waals surface area contributed by atoms with Crippen molar-refractivity contribution in [3.63, 3.8) is 0 Å². The van der Waals surface area contributed by atoms with Gasteiger partial charge < -0.3 is 8.94 Å². The van der Waals surface area contributed by atoms with E-state index in [0.29, 0.717) is 29.6 Å². The molecule has 9 nitrogen and oxygen atoms in total. The second kappa shape index (κ2) is 23.8. The normalized spacial score (nSPS) is 10.8. The predicted octanol–water partition coefficient (Wildman–Crippen LogP) is 11.8. The third-order valence-electron chi connectivity index (χ3n) is 7.18. The quantitative estimate of drug-likeness (QED) is 0.142. The Kier molecular flexibility index (Phi) is 20.3. The number of fused-ring (bicyclic) bond motifs is 1. The van der Waals surface area contributed by atoms with Crippen LogP contribution in [0.3, 0.4) is 0 Å². The smallest absolute Gasteiger partial charge is 0.223 e. The molecule has 6 aromatic rings. The minimum Gasteiger partial charge on any atom is -0.446 e. The van der Waals surface area contributed by atoms with E-state index >= 15 is 0 Å². The molecule has 6 rings (SSSR count). The van der Waals surface area contributed by atoms with Crippen LogP contribution in [0.4, 0.5) is 0 Å². The fourth-order valence-electron chi connectivity index (χ4n) is 5.01. The van der Waals surface area contributed by atoms with Crippen molar-refractivity contribution in [2.24, 2.45) is 23.7 Å². The molecule has 53 heavy (non-hydrogen) atoms. The highest BCUT2D eigenvalue weighted by molar-refractivity contribution is 7.11. The zero-order valence-corrected chi connectivity index (χ0v) is 36.2. The minimum atomic E-state index is 0.563. The Morgan fingerprint density at radius 3 is 1.87 bits per heavy atom. The molecule has 290 valence electrons. The third-order valence-corrected chi connectivity index (χ3v) is 8.94. The first kappa shape index (κ1) is 45.3. The molecule has 5 aromatic heterocycles. The highest BCUT2D eigenvalue weighted by Crippen LogP contribution is 2.23. The molecule has 0 N–H and O–H groups in total. The first-order chi connectivity index (χ1) is 25.0. The lowest BCUT2D eigenvalue weighted by Crippen LogP contribution is -1.95. The van der Waals surface area contributed by atoms with Gasteiger partial charge in [-0.15, -0.1) is 21.5 Å². The fraction of sp³-hybridized carbons (Fsp3) is 0.548. The predicted molar refractivity (Wildman–Crippen MR) is 222 cm³/mol. The average Bonchev–Trinajstić information content (AvgIpc) is 3.87. The van der Waals surface area contributed by atoms with Crippen LogP contribution in [0.2, 0.25) is 0 Å². The molecule has 0 atom stereocenters. The van der Waals surface area contributed by atoms with Crippen molar-refractivity contribution in [1.29, 1.82) is 0 Å². The molecule has 0 radical (unpaired) electrons. The number of hydrogen-bond donors (Lipinski definition) is 0. The van der Waals surface area contributed by atoms with E-state index in [1.807, 2.05) is 33.0 Å². The highest BCUT2D eigenvalue weighted by Gasteiger charge is 2.06. The summed E-state index contributed by atoms with van der Waals surface area (Å²) >= 11 is 3.32. The van der Waals surface area contributed by atoms with Crippen LogP contribution in [0.25, 0.3) is 10.9 Å². The standard InChI is InChI=1S/C12H13N.C8H13NO.C8H13NS.C7H12N2O.C7H12N2S/c1-9(2)10-5-3-7-12-11(10)6-4-8-13-12;1-6(2)4-8-5-9-7(3)10-8;1-6(2)4-8-5-7(3)9-10-8;1-5(2)4-7-8-6(3)10-9-7;1-5(2)4-7-9-8-6(3)10-7/h3-9H,1-2H3;2*5-6H,4H2,1-3H3;2*5H,4H2,1-3H3. The van der Waals surface area contributed by atoms with E-state index in [9.17, 15) is 0 Å². The van der Waals surface area contributed by atoms with Gasteiger partial charge in [0.2, 0.25) is 5.89 Å². The van der Waals surface area contributed by atoms with Gasteiger partial charge in [-0.25, -0.2) is 4.98 Å². The van der Waals surface area contributed by atoms with Crippen LogP contribution in [0, 0.1) is 51.4 Å². The highest BCUT2D eigenvalue weighted by atomic mass is 32.1. The lowest BCUT2D eigenvalue weighted by Gasteiger charge is -2.08. The monoisotopic (exact) mass is 761 g/mol. The second-order valence-electron chi connectivity index (χ2n) is 15.2. The molecule has 0 amide bonds. The molecule has 5 heterocycles. The molecule has 0 spiro atoms. The lowest BCUT2D eigenvalue weighted by atomic mass is 9.98. The Labute approximate surface area is 326 Å². The molecule has 1 aromatic carbocycles. The molecule has 11 heteroatoms. The summed E-state index contributed by atoms with van der Waals surface area (Å²) in [5, 5.41) is 15.2. The van der Waals surface area contributed by atoms with Gasteiger partial charge in [-0.05, 0) is 85.2 Å². The van der Waals surface area contributed by atoms with Crippen molar-refractivity contribution >= 4 is 33.8 Å². The minimum absolute atomic E-state index is 0.563. The number of rotatable bonds is 9. The van der Waals surface area contributed by atoms with Crippen molar-refractivity contribution in [2.45, 2.75) is 129 Å². The number of nitrogens with zero attached hydrogens (tertiary/aromatic N) is 7. The molecule has 0 saturated carbocycles. The topological polar surface area (TPSA) is 117 Å². The Morgan fingerprint density at radius 1 is 0.698 bits per heavy atom. The molecule has 0 aliphatic carbocycles. The Bertz CT molecular complexity index is 1660. The van der Waals surface area contributed by atoms with Crippen LogP contribution in [0.5, 0.6) is 0 Å². The van der Waals surface area contributed by atoms with E-state index in [1.54, 1.807) is 36.0 Å². The van der Waals surface area contributed by atoms with Crippen molar-refractivity contribution in [3.8, 4) is 0 Å². The third kappa shape index (κ3) is 19.2. The average molecular weight is 762 g/mol. The first-order valence-corrected chi connectivity index (χ1v) is 20.4. The number of pyridine rings is 1. The summed E-state index contributed by atoms with van der Waals surface area (Å²) in [6, 6.07) is 12.6. The summed E-state index contributed by atoms with van der Waals surface area (Å²) in [6.07, 6.45) is 7.76. The summed E-state index contributed by atoms with van der Waals surface area (Å²) in [7, 11) is 0. The summed E-state index contributed by atoms with van der Waals surface area (Å²) < 4.78 is 14.3. The molecule has 0 saturated heterocycles. The van der Waals surface area contributed by atoms with Crippen LogP contribution in [0.1, 0.15) is 125 Å². The maximum Gasteiger partial charge on any atom is 0.223 e. The van der Waals surface area contributed by atoms with E-state index in [-0.39, 0.29) is 0 Å². The molecule has 0 unspecified atom stereocenters. The van der Waals surface area contributed by atoms with Gasteiger partial charge in [0.05, 0.1) is 17.4 Å². The van der Waals surface area contributed by atoms with Crippen LogP contribution >= 0.6 is 22.9 Å². The number of benzene rings is 1. The van der Waals surface area contributed by atoms with Gasteiger partial charge in [-0.2, -0.15) is 9.36 Å². The van der Waals surface area contributed by atoms with Crippen LogP contribution in [0.15, 0.2) is 57.7 Å². The van der Waals surface area contributed by atoms with Crippen molar-refractivity contribution in [2.75, 3.05) is 0 Å². The Hall–Kier alpha value is -3.83. The maximum atomic E-state index is 5.28. The second-order valence-corrected chi connectivity index (χ2v) is 17.3. The molecule has 0 aliphatic heterocycles.